The van der Waals surface area contributed by atoms with Crippen molar-refractivity contribution in [2.24, 2.45) is 0 Å². The van der Waals surface area contributed by atoms with Gasteiger partial charge in [-0.1, -0.05) is 12.5 Å². The maximum atomic E-state index is 12.7. The van der Waals surface area contributed by atoms with E-state index in [1.54, 1.807) is 18.2 Å². The Morgan fingerprint density at radius 1 is 1.24 bits per heavy atom. The van der Waals surface area contributed by atoms with Crippen LogP contribution in [0.25, 0.3) is 0 Å². The van der Waals surface area contributed by atoms with Crippen molar-refractivity contribution < 1.29 is 17.9 Å². The lowest BCUT2D eigenvalue weighted by molar-refractivity contribution is -0.118. The van der Waals surface area contributed by atoms with E-state index >= 15 is 0 Å². The second kappa shape index (κ2) is 8.95. The fourth-order valence-electron chi connectivity index (χ4n) is 2.98. The number of carbonyl (C=O) groups is 1. The van der Waals surface area contributed by atoms with Crippen molar-refractivity contribution in [1.29, 1.82) is 0 Å². The highest BCUT2D eigenvalue weighted by molar-refractivity contribution is 7.89. The van der Waals surface area contributed by atoms with Crippen LogP contribution < -0.4 is 10.6 Å². The quantitative estimate of drug-likeness (QED) is 0.808. The highest BCUT2D eigenvalue weighted by Gasteiger charge is 2.27. The van der Waals surface area contributed by atoms with Gasteiger partial charge in [-0.3, -0.25) is 4.79 Å². The fraction of sp³-hybridized carbons (Fsp3) is 0.562. The average molecular weight is 390 g/mol. The number of nitrogens with one attached hydrogen (secondary N) is 2. The summed E-state index contributed by atoms with van der Waals surface area (Å²) in [5.41, 5.74) is 0.502. The molecule has 2 saturated heterocycles. The van der Waals surface area contributed by atoms with Crippen molar-refractivity contribution >= 4 is 34.0 Å². The van der Waals surface area contributed by atoms with Crippen LogP contribution in [0.5, 0.6) is 0 Å². The van der Waals surface area contributed by atoms with Gasteiger partial charge < -0.3 is 15.4 Å². The van der Waals surface area contributed by atoms with Gasteiger partial charge in [-0.15, -0.1) is 12.4 Å². The van der Waals surface area contributed by atoms with E-state index in [0.29, 0.717) is 32.0 Å². The maximum absolute atomic E-state index is 12.7. The standard InChI is InChI=1S/C16H23N3O4S.ClH/c20-16(15-6-1-2-7-17-15)18-13-4-3-5-14(12-13)24(21,22)19-8-10-23-11-9-19;/h3-5,12,15,17H,1-2,6-11H2,(H,18,20);1H. The number of carbonyl (C=O) groups excluding carboxylic acids is 1. The van der Waals surface area contributed by atoms with E-state index in [-0.39, 0.29) is 29.3 Å². The van der Waals surface area contributed by atoms with Crippen LogP contribution in [0.15, 0.2) is 29.2 Å². The number of benzene rings is 1. The van der Waals surface area contributed by atoms with Crippen LogP contribution in [-0.4, -0.2) is 57.5 Å². The molecule has 7 nitrogen and oxygen atoms in total. The molecule has 1 unspecified atom stereocenters. The van der Waals surface area contributed by atoms with Gasteiger partial charge in [-0.25, -0.2) is 8.42 Å². The number of morpholine rings is 1. The summed E-state index contributed by atoms with van der Waals surface area (Å²) in [6.45, 7) is 2.35. The molecule has 0 radical (unpaired) electrons. The average Bonchev–Trinajstić information content (AvgIpc) is 2.63. The number of hydrogen-bond acceptors (Lipinski definition) is 5. The Balaban J connectivity index is 0.00000225. The Morgan fingerprint density at radius 2 is 2.00 bits per heavy atom. The summed E-state index contributed by atoms with van der Waals surface area (Å²) in [6, 6.07) is 6.22. The van der Waals surface area contributed by atoms with Gasteiger partial charge in [0.25, 0.3) is 0 Å². The van der Waals surface area contributed by atoms with Crippen LogP contribution in [0.2, 0.25) is 0 Å². The molecule has 2 fully saturated rings. The number of ether oxygens (including phenoxy) is 1. The van der Waals surface area contributed by atoms with Gasteiger partial charge in [0.05, 0.1) is 24.2 Å². The van der Waals surface area contributed by atoms with E-state index in [2.05, 4.69) is 10.6 Å². The highest BCUT2D eigenvalue weighted by Crippen LogP contribution is 2.21. The van der Waals surface area contributed by atoms with Gasteiger partial charge >= 0.3 is 0 Å². The minimum atomic E-state index is -3.56. The van der Waals surface area contributed by atoms with Gasteiger partial charge in [0, 0.05) is 18.8 Å². The zero-order valence-corrected chi connectivity index (χ0v) is 15.6. The lowest BCUT2D eigenvalue weighted by Gasteiger charge is -2.26. The molecular formula is C16H24ClN3O4S. The minimum Gasteiger partial charge on any atom is -0.379 e. The zero-order valence-electron chi connectivity index (χ0n) is 13.9. The maximum Gasteiger partial charge on any atom is 0.243 e. The molecule has 3 rings (SSSR count). The van der Waals surface area contributed by atoms with Crippen LogP contribution in [0.4, 0.5) is 5.69 Å². The van der Waals surface area contributed by atoms with Crippen molar-refractivity contribution in [2.45, 2.75) is 30.2 Å². The first-order chi connectivity index (χ1) is 11.6. The summed E-state index contributed by atoms with van der Waals surface area (Å²) in [7, 11) is -3.56. The fourth-order valence-corrected chi connectivity index (χ4v) is 4.43. The van der Waals surface area contributed by atoms with E-state index in [0.717, 1.165) is 25.8 Å². The summed E-state index contributed by atoms with van der Waals surface area (Å²) < 4.78 is 32.0. The molecule has 2 aliphatic heterocycles. The monoisotopic (exact) mass is 389 g/mol. The van der Waals surface area contributed by atoms with Crippen LogP contribution in [0, 0.1) is 0 Å². The lowest BCUT2D eigenvalue weighted by Crippen LogP contribution is -2.43. The number of nitrogens with zero attached hydrogens (tertiary/aromatic N) is 1. The van der Waals surface area contributed by atoms with Gasteiger partial charge in [0.1, 0.15) is 0 Å². The van der Waals surface area contributed by atoms with Crippen LogP contribution in [0.1, 0.15) is 19.3 Å². The molecule has 1 aromatic carbocycles. The molecule has 0 saturated carbocycles. The highest BCUT2D eigenvalue weighted by atomic mass is 35.5. The van der Waals surface area contributed by atoms with Crippen molar-refractivity contribution in [3.63, 3.8) is 0 Å². The van der Waals surface area contributed by atoms with E-state index in [9.17, 15) is 13.2 Å². The molecule has 2 aliphatic rings. The Hall–Kier alpha value is -1.19. The molecule has 0 spiro atoms. The molecule has 2 heterocycles. The third-order valence-electron chi connectivity index (χ3n) is 4.34. The smallest absolute Gasteiger partial charge is 0.243 e. The number of rotatable bonds is 4. The molecule has 1 atom stereocenters. The van der Waals surface area contributed by atoms with Crippen molar-refractivity contribution in [2.75, 3.05) is 38.2 Å². The Bertz CT molecular complexity index is 686. The van der Waals surface area contributed by atoms with E-state index in [1.807, 2.05) is 0 Å². The molecule has 9 heteroatoms. The largest absolute Gasteiger partial charge is 0.379 e. The third kappa shape index (κ3) is 4.92. The summed E-state index contributed by atoms with van der Waals surface area (Å²) in [5.74, 6) is -0.115. The Morgan fingerprint density at radius 3 is 2.68 bits per heavy atom. The number of amides is 1. The summed E-state index contributed by atoms with van der Waals surface area (Å²) >= 11 is 0. The van der Waals surface area contributed by atoms with Crippen molar-refractivity contribution in [1.82, 2.24) is 9.62 Å². The van der Waals surface area contributed by atoms with Gasteiger partial charge in [0.15, 0.2) is 0 Å². The van der Waals surface area contributed by atoms with E-state index in [4.69, 9.17) is 4.74 Å². The predicted octanol–water partition coefficient (Wildman–Crippen LogP) is 1.21. The van der Waals surface area contributed by atoms with Gasteiger partial charge in [-0.2, -0.15) is 4.31 Å². The van der Waals surface area contributed by atoms with Gasteiger partial charge in [-0.05, 0) is 37.6 Å². The second-order valence-electron chi connectivity index (χ2n) is 6.04. The number of sulfonamides is 1. The van der Waals surface area contributed by atoms with Crippen LogP contribution >= 0.6 is 12.4 Å². The molecule has 140 valence electrons. The summed E-state index contributed by atoms with van der Waals surface area (Å²) in [4.78, 5) is 12.5. The first-order valence-electron chi connectivity index (χ1n) is 8.29. The molecular weight excluding hydrogens is 366 g/mol. The molecule has 0 aromatic heterocycles. The SMILES string of the molecule is Cl.O=C(Nc1cccc(S(=O)(=O)N2CCOCC2)c1)C1CCCCN1. The van der Waals surface area contributed by atoms with E-state index < -0.39 is 10.0 Å². The molecule has 1 amide bonds. The minimum absolute atomic E-state index is 0. The Labute approximate surface area is 154 Å². The van der Waals surface area contributed by atoms with Crippen molar-refractivity contribution in [3.05, 3.63) is 24.3 Å². The third-order valence-corrected chi connectivity index (χ3v) is 6.23. The van der Waals surface area contributed by atoms with Crippen LogP contribution in [0.3, 0.4) is 0 Å². The normalized spacial score (nSPS) is 22.0. The second-order valence-corrected chi connectivity index (χ2v) is 7.97. The number of hydrogen-bond donors (Lipinski definition) is 2. The van der Waals surface area contributed by atoms with E-state index in [1.165, 1.54) is 10.4 Å². The Kier molecular flexibility index (Phi) is 7.21. The summed E-state index contributed by atoms with van der Waals surface area (Å²) in [5, 5.41) is 6.00. The molecule has 2 N–H and O–H groups in total. The predicted molar refractivity (Wildman–Crippen MR) is 97.5 cm³/mol. The lowest BCUT2D eigenvalue weighted by atomic mass is 10.0. The van der Waals surface area contributed by atoms with Gasteiger partial charge in [0.2, 0.25) is 15.9 Å². The molecule has 25 heavy (non-hydrogen) atoms. The summed E-state index contributed by atoms with van der Waals surface area (Å²) in [6.07, 6.45) is 2.91. The van der Waals surface area contributed by atoms with Crippen LogP contribution in [-0.2, 0) is 19.6 Å². The molecule has 0 bridgehead atoms. The topological polar surface area (TPSA) is 87.7 Å². The van der Waals surface area contributed by atoms with Crippen molar-refractivity contribution in [3.8, 4) is 0 Å². The first kappa shape index (κ1) is 20.1. The number of halogens is 1. The molecule has 1 aromatic rings. The number of piperidine rings is 1. The first-order valence-corrected chi connectivity index (χ1v) is 9.73. The number of anilines is 1. The molecule has 0 aliphatic carbocycles. The zero-order chi connectivity index (χ0) is 17.0.